The fourth-order valence-electron chi connectivity index (χ4n) is 2.80. The number of carbonyl (C=O) groups is 1. The van der Waals surface area contributed by atoms with Crippen LogP contribution in [0.25, 0.3) is 6.08 Å². The van der Waals surface area contributed by atoms with E-state index < -0.39 is 5.91 Å². The molecule has 0 spiro atoms. The average molecular weight is 516 g/mol. The van der Waals surface area contributed by atoms with Crippen LogP contribution in [0.4, 0.5) is 5.69 Å². The van der Waals surface area contributed by atoms with Crippen LogP contribution < -0.4 is 10.1 Å². The molecule has 0 radical (unpaired) electrons. The van der Waals surface area contributed by atoms with Gasteiger partial charge in [0.25, 0.3) is 5.91 Å². The SMILES string of the molecule is Cc1cccc(NC(=O)/C(C#N)=C/c2cc(Cl)cc(Cl)c2OCc2ccc(Br)cc2)c1. The summed E-state index contributed by atoms with van der Waals surface area (Å²) in [5.41, 5.74) is 2.85. The van der Waals surface area contributed by atoms with Crippen molar-refractivity contribution in [2.24, 2.45) is 0 Å². The lowest BCUT2D eigenvalue weighted by Gasteiger charge is -2.13. The van der Waals surface area contributed by atoms with Crippen LogP contribution in [0.5, 0.6) is 5.75 Å². The molecule has 3 aromatic carbocycles. The Balaban J connectivity index is 1.88. The minimum atomic E-state index is -0.539. The lowest BCUT2D eigenvalue weighted by molar-refractivity contribution is -0.112. The van der Waals surface area contributed by atoms with Gasteiger partial charge in [0.05, 0.1) is 5.02 Å². The molecule has 7 heteroatoms. The molecule has 3 aromatic rings. The number of hydrogen-bond donors (Lipinski definition) is 1. The normalized spacial score (nSPS) is 11.0. The molecule has 1 N–H and O–H groups in total. The summed E-state index contributed by atoms with van der Waals surface area (Å²) in [6.45, 7) is 2.17. The molecule has 0 atom stereocenters. The lowest BCUT2D eigenvalue weighted by atomic mass is 10.1. The number of nitrogens with zero attached hydrogens (tertiary/aromatic N) is 1. The molecule has 0 aliphatic rings. The molecule has 0 fully saturated rings. The number of aryl methyl sites for hydroxylation is 1. The number of hydrogen-bond acceptors (Lipinski definition) is 3. The van der Waals surface area contributed by atoms with E-state index in [1.54, 1.807) is 18.2 Å². The van der Waals surface area contributed by atoms with Crippen molar-refractivity contribution in [3.05, 3.63) is 97.4 Å². The summed E-state index contributed by atoms with van der Waals surface area (Å²) in [4.78, 5) is 12.6. The van der Waals surface area contributed by atoms with Crippen molar-refractivity contribution < 1.29 is 9.53 Å². The molecule has 4 nitrogen and oxygen atoms in total. The maximum absolute atomic E-state index is 12.6. The highest BCUT2D eigenvalue weighted by atomic mass is 79.9. The van der Waals surface area contributed by atoms with Gasteiger partial charge in [-0.3, -0.25) is 4.79 Å². The highest BCUT2D eigenvalue weighted by molar-refractivity contribution is 9.10. The van der Waals surface area contributed by atoms with Crippen molar-refractivity contribution >= 4 is 56.8 Å². The van der Waals surface area contributed by atoms with Gasteiger partial charge >= 0.3 is 0 Å². The molecule has 156 valence electrons. The van der Waals surface area contributed by atoms with Gasteiger partial charge < -0.3 is 10.1 Å². The monoisotopic (exact) mass is 514 g/mol. The lowest BCUT2D eigenvalue weighted by Crippen LogP contribution is -2.13. The molecule has 31 heavy (non-hydrogen) atoms. The van der Waals surface area contributed by atoms with E-state index in [4.69, 9.17) is 27.9 Å². The number of carbonyl (C=O) groups excluding carboxylic acids is 1. The number of halogens is 3. The van der Waals surface area contributed by atoms with E-state index >= 15 is 0 Å². The fraction of sp³-hybridized carbons (Fsp3) is 0.0833. The molecule has 0 bridgehead atoms. The maximum atomic E-state index is 12.6. The highest BCUT2D eigenvalue weighted by Crippen LogP contribution is 2.34. The van der Waals surface area contributed by atoms with E-state index in [-0.39, 0.29) is 17.2 Å². The Labute approximate surface area is 199 Å². The molecular formula is C24H17BrCl2N2O2. The van der Waals surface area contributed by atoms with Gasteiger partial charge in [-0.15, -0.1) is 0 Å². The average Bonchev–Trinajstić information content (AvgIpc) is 2.72. The number of rotatable bonds is 6. The first-order chi connectivity index (χ1) is 14.9. The summed E-state index contributed by atoms with van der Waals surface area (Å²) in [5, 5.41) is 12.9. The number of nitrogens with one attached hydrogen (secondary N) is 1. The van der Waals surface area contributed by atoms with Crippen LogP contribution in [0, 0.1) is 18.3 Å². The zero-order valence-electron chi connectivity index (χ0n) is 16.5. The smallest absolute Gasteiger partial charge is 0.266 e. The Bertz CT molecular complexity index is 1190. The molecule has 3 rings (SSSR count). The van der Waals surface area contributed by atoms with E-state index in [0.717, 1.165) is 15.6 Å². The van der Waals surface area contributed by atoms with Crippen LogP contribution in [-0.4, -0.2) is 5.91 Å². The van der Waals surface area contributed by atoms with Gasteiger partial charge in [-0.05, 0) is 60.5 Å². The van der Waals surface area contributed by atoms with Gasteiger partial charge in [-0.2, -0.15) is 5.26 Å². The van der Waals surface area contributed by atoms with E-state index in [9.17, 15) is 10.1 Å². The molecule has 0 aliphatic carbocycles. The number of benzene rings is 3. The summed E-state index contributed by atoms with van der Waals surface area (Å²) < 4.78 is 6.88. The third-order valence-electron chi connectivity index (χ3n) is 4.27. The largest absolute Gasteiger partial charge is 0.487 e. The second-order valence-corrected chi connectivity index (χ2v) is 8.47. The van der Waals surface area contributed by atoms with Gasteiger partial charge in [-0.1, -0.05) is 63.4 Å². The van der Waals surface area contributed by atoms with E-state index in [0.29, 0.717) is 22.0 Å². The minimum absolute atomic E-state index is 0.103. The van der Waals surface area contributed by atoms with Crippen molar-refractivity contribution in [3.8, 4) is 11.8 Å². The van der Waals surface area contributed by atoms with Crippen LogP contribution in [0.3, 0.4) is 0 Å². The fourth-order valence-corrected chi connectivity index (χ4v) is 3.63. The molecular weight excluding hydrogens is 499 g/mol. The number of ether oxygens (including phenoxy) is 1. The standard InChI is InChI=1S/C24H17BrCl2N2O2/c1-15-3-2-4-21(9-15)29-24(30)18(13-28)10-17-11-20(26)12-22(27)23(17)31-14-16-5-7-19(25)8-6-16/h2-12H,14H2,1H3,(H,29,30)/b18-10+. The molecule has 0 aliphatic heterocycles. The van der Waals surface area contributed by atoms with Crippen molar-refractivity contribution in [3.63, 3.8) is 0 Å². The van der Waals surface area contributed by atoms with Crippen molar-refractivity contribution in [2.75, 3.05) is 5.32 Å². The Kier molecular flexibility index (Phi) is 7.75. The first-order valence-corrected chi connectivity index (χ1v) is 10.8. The minimum Gasteiger partial charge on any atom is -0.487 e. The Morgan fingerprint density at radius 1 is 1.16 bits per heavy atom. The first kappa shape index (κ1) is 22.9. The Hall–Kier alpha value is -2.78. The van der Waals surface area contributed by atoms with Crippen molar-refractivity contribution in [1.29, 1.82) is 5.26 Å². The van der Waals surface area contributed by atoms with Crippen molar-refractivity contribution in [1.82, 2.24) is 0 Å². The zero-order chi connectivity index (χ0) is 22.4. The van der Waals surface area contributed by atoms with Crippen molar-refractivity contribution in [2.45, 2.75) is 13.5 Å². The third kappa shape index (κ3) is 6.35. The summed E-state index contributed by atoms with van der Waals surface area (Å²) in [5.74, 6) is -0.201. The van der Waals surface area contributed by atoms with Gasteiger partial charge in [0.15, 0.2) is 0 Å². The number of nitriles is 1. The van der Waals surface area contributed by atoms with Gasteiger partial charge in [0, 0.05) is 20.7 Å². The first-order valence-electron chi connectivity index (χ1n) is 9.22. The van der Waals surface area contributed by atoms with Gasteiger partial charge in [0.2, 0.25) is 0 Å². The summed E-state index contributed by atoms with van der Waals surface area (Å²) in [7, 11) is 0. The predicted octanol–water partition coefficient (Wildman–Crippen LogP) is 7.19. The number of anilines is 1. The topological polar surface area (TPSA) is 62.1 Å². The maximum Gasteiger partial charge on any atom is 0.266 e. The second kappa shape index (κ2) is 10.5. The number of amides is 1. The Morgan fingerprint density at radius 2 is 1.90 bits per heavy atom. The second-order valence-electron chi connectivity index (χ2n) is 6.71. The van der Waals surface area contributed by atoms with Crippen LogP contribution >= 0.6 is 39.1 Å². The van der Waals surface area contributed by atoms with Crippen LogP contribution in [0.15, 0.2) is 70.7 Å². The van der Waals surface area contributed by atoms with Gasteiger partial charge in [0.1, 0.15) is 24.0 Å². The third-order valence-corrected chi connectivity index (χ3v) is 5.30. The molecule has 0 unspecified atom stereocenters. The van der Waals surface area contributed by atoms with E-state index in [1.807, 2.05) is 55.5 Å². The molecule has 0 aromatic heterocycles. The summed E-state index contributed by atoms with van der Waals surface area (Å²) in [6.07, 6.45) is 1.42. The quantitative estimate of drug-likeness (QED) is 0.279. The molecule has 0 saturated carbocycles. The van der Waals surface area contributed by atoms with Gasteiger partial charge in [-0.25, -0.2) is 0 Å². The van der Waals surface area contributed by atoms with E-state index in [2.05, 4.69) is 21.2 Å². The molecule has 1 amide bonds. The Morgan fingerprint density at radius 3 is 2.58 bits per heavy atom. The molecule has 0 saturated heterocycles. The highest BCUT2D eigenvalue weighted by Gasteiger charge is 2.15. The molecule has 0 heterocycles. The zero-order valence-corrected chi connectivity index (χ0v) is 19.6. The van der Waals surface area contributed by atoms with Crippen LogP contribution in [0.1, 0.15) is 16.7 Å². The van der Waals surface area contributed by atoms with Crippen LogP contribution in [0.2, 0.25) is 10.0 Å². The summed E-state index contributed by atoms with van der Waals surface area (Å²) >= 11 is 15.9. The summed E-state index contributed by atoms with van der Waals surface area (Å²) in [6, 6.07) is 20.0. The van der Waals surface area contributed by atoms with Crippen LogP contribution in [-0.2, 0) is 11.4 Å². The predicted molar refractivity (Wildman–Crippen MR) is 128 cm³/mol. The van der Waals surface area contributed by atoms with E-state index in [1.165, 1.54) is 6.08 Å².